The van der Waals surface area contributed by atoms with Crippen LogP contribution in [0.1, 0.15) is 18.4 Å². The molecule has 86 valence electrons. The van der Waals surface area contributed by atoms with Crippen molar-refractivity contribution in [2.75, 3.05) is 0 Å². The van der Waals surface area contributed by atoms with Gasteiger partial charge in [0.05, 0.1) is 4.92 Å². The zero-order valence-electron chi connectivity index (χ0n) is 8.85. The largest absolute Gasteiger partial charge is 0.490 e. The van der Waals surface area contributed by atoms with Gasteiger partial charge in [-0.05, 0) is 31.4 Å². The molecule has 0 unspecified atom stereocenters. The van der Waals surface area contributed by atoms with Gasteiger partial charge in [-0.2, -0.15) is 0 Å². The van der Waals surface area contributed by atoms with E-state index in [0.717, 1.165) is 24.2 Å². The molecule has 0 amide bonds. The number of alkyl halides is 1. The second kappa shape index (κ2) is 4.41. The first-order valence-corrected chi connectivity index (χ1v) is 6.03. The maximum Gasteiger partial charge on any atom is 0.269 e. The summed E-state index contributed by atoms with van der Waals surface area (Å²) in [7, 11) is 0. The van der Waals surface area contributed by atoms with Crippen molar-refractivity contribution in [3.05, 3.63) is 33.9 Å². The van der Waals surface area contributed by atoms with Crippen molar-refractivity contribution in [1.29, 1.82) is 0 Å². The molecule has 1 aliphatic carbocycles. The maximum atomic E-state index is 10.6. The number of hydrogen-bond donors (Lipinski definition) is 0. The summed E-state index contributed by atoms with van der Waals surface area (Å²) in [6, 6.07) is 4.70. The molecule has 16 heavy (non-hydrogen) atoms. The average Bonchev–Trinajstić information content (AvgIpc) is 2.18. The second-order valence-corrected chi connectivity index (χ2v) is 5.31. The Hall–Kier alpha value is -1.10. The van der Waals surface area contributed by atoms with Gasteiger partial charge < -0.3 is 4.74 Å². The van der Waals surface area contributed by atoms with Gasteiger partial charge in [0.25, 0.3) is 5.69 Å². The summed E-state index contributed by atoms with van der Waals surface area (Å²) in [5, 5.41) is 10.6. The van der Waals surface area contributed by atoms with Crippen molar-refractivity contribution < 1.29 is 9.66 Å². The van der Waals surface area contributed by atoms with E-state index in [1.807, 2.05) is 6.92 Å². The van der Waals surface area contributed by atoms with Crippen molar-refractivity contribution in [2.45, 2.75) is 30.7 Å². The predicted octanol–water partition coefficient (Wildman–Crippen LogP) is 3.21. The van der Waals surface area contributed by atoms with Gasteiger partial charge in [0, 0.05) is 17.0 Å². The zero-order valence-corrected chi connectivity index (χ0v) is 10.4. The van der Waals surface area contributed by atoms with E-state index in [-0.39, 0.29) is 11.8 Å². The molecular formula is C11H12BrNO3. The lowest BCUT2D eigenvalue weighted by Crippen LogP contribution is -2.34. The minimum atomic E-state index is -0.394. The molecule has 0 atom stereocenters. The van der Waals surface area contributed by atoms with Crippen molar-refractivity contribution >= 4 is 21.6 Å². The quantitative estimate of drug-likeness (QED) is 0.487. The van der Waals surface area contributed by atoms with Crippen LogP contribution in [0.2, 0.25) is 0 Å². The number of nitro groups is 1. The van der Waals surface area contributed by atoms with E-state index in [1.165, 1.54) is 6.07 Å². The van der Waals surface area contributed by atoms with E-state index in [0.29, 0.717) is 4.83 Å². The third-order valence-electron chi connectivity index (χ3n) is 2.70. The normalized spacial score (nSPS) is 23.6. The highest BCUT2D eigenvalue weighted by Crippen LogP contribution is 2.33. The number of benzene rings is 1. The summed E-state index contributed by atoms with van der Waals surface area (Å²) >= 11 is 3.49. The van der Waals surface area contributed by atoms with Crippen molar-refractivity contribution in [3.8, 4) is 5.75 Å². The summed E-state index contributed by atoms with van der Waals surface area (Å²) in [5.74, 6) is 0.745. The van der Waals surface area contributed by atoms with Crippen LogP contribution in [0, 0.1) is 17.0 Å². The molecule has 1 aliphatic rings. The molecule has 0 N–H and O–H groups in total. The highest BCUT2D eigenvalue weighted by atomic mass is 79.9. The number of halogens is 1. The lowest BCUT2D eigenvalue weighted by Gasteiger charge is -2.31. The lowest BCUT2D eigenvalue weighted by molar-refractivity contribution is -0.384. The van der Waals surface area contributed by atoms with E-state index in [4.69, 9.17) is 4.74 Å². The summed E-state index contributed by atoms with van der Waals surface area (Å²) in [5.41, 5.74) is 0.920. The van der Waals surface area contributed by atoms with E-state index >= 15 is 0 Å². The summed E-state index contributed by atoms with van der Waals surface area (Å²) in [6.07, 6.45) is 2.23. The maximum absolute atomic E-state index is 10.6. The molecule has 0 aliphatic heterocycles. The van der Waals surface area contributed by atoms with E-state index in [2.05, 4.69) is 15.9 Å². The third-order valence-corrected chi connectivity index (χ3v) is 3.45. The number of non-ortho nitro benzene ring substituents is 1. The Balaban J connectivity index is 2.07. The molecule has 2 rings (SSSR count). The van der Waals surface area contributed by atoms with Gasteiger partial charge in [0.2, 0.25) is 0 Å². The molecule has 1 aromatic rings. The molecule has 0 radical (unpaired) electrons. The number of nitrogens with zero attached hydrogens (tertiary/aromatic N) is 1. The number of rotatable bonds is 3. The second-order valence-electron chi connectivity index (χ2n) is 4.02. The van der Waals surface area contributed by atoms with Crippen LogP contribution in [0.3, 0.4) is 0 Å². The fraction of sp³-hybridized carbons (Fsp3) is 0.455. The SMILES string of the molecule is Cc1cc([N+](=O)[O-])ccc1OC1CC(Br)C1. The number of aryl methyl sites for hydroxylation is 1. The number of ether oxygens (including phenoxy) is 1. The van der Waals surface area contributed by atoms with Gasteiger partial charge in [-0.3, -0.25) is 10.1 Å². The predicted molar refractivity (Wildman–Crippen MR) is 64.2 cm³/mol. The number of hydrogen-bond acceptors (Lipinski definition) is 3. The average molecular weight is 286 g/mol. The molecule has 5 heteroatoms. The van der Waals surface area contributed by atoms with E-state index < -0.39 is 4.92 Å². The van der Waals surface area contributed by atoms with Gasteiger partial charge in [0.15, 0.2) is 0 Å². The molecule has 4 nitrogen and oxygen atoms in total. The minimum Gasteiger partial charge on any atom is -0.490 e. The van der Waals surface area contributed by atoms with Crippen molar-refractivity contribution in [2.24, 2.45) is 0 Å². The molecule has 1 saturated carbocycles. The zero-order chi connectivity index (χ0) is 11.7. The van der Waals surface area contributed by atoms with Gasteiger partial charge in [-0.15, -0.1) is 0 Å². The van der Waals surface area contributed by atoms with Crippen LogP contribution in [-0.4, -0.2) is 15.9 Å². The number of nitro benzene ring substituents is 1. The van der Waals surface area contributed by atoms with Gasteiger partial charge in [0.1, 0.15) is 11.9 Å². The van der Waals surface area contributed by atoms with Gasteiger partial charge >= 0.3 is 0 Å². The highest BCUT2D eigenvalue weighted by Gasteiger charge is 2.29. The summed E-state index contributed by atoms with van der Waals surface area (Å²) in [6.45, 7) is 1.83. The highest BCUT2D eigenvalue weighted by molar-refractivity contribution is 9.09. The molecular weight excluding hydrogens is 274 g/mol. The summed E-state index contributed by atoms with van der Waals surface area (Å²) in [4.78, 5) is 10.7. The van der Waals surface area contributed by atoms with Crippen LogP contribution in [0.4, 0.5) is 5.69 Å². The fourth-order valence-electron chi connectivity index (χ4n) is 1.66. The molecule has 1 fully saturated rings. The standard InChI is InChI=1S/C11H12BrNO3/c1-7-4-9(13(14)15)2-3-11(7)16-10-5-8(12)6-10/h2-4,8,10H,5-6H2,1H3. The van der Waals surface area contributed by atoms with Crippen LogP contribution in [-0.2, 0) is 0 Å². The van der Waals surface area contributed by atoms with E-state index in [9.17, 15) is 10.1 Å². The van der Waals surface area contributed by atoms with Crippen LogP contribution in [0.25, 0.3) is 0 Å². The third kappa shape index (κ3) is 2.35. The van der Waals surface area contributed by atoms with Crippen molar-refractivity contribution in [3.63, 3.8) is 0 Å². The van der Waals surface area contributed by atoms with Crippen LogP contribution >= 0.6 is 15.9 Å². The smallest absolute Gasteiger partial charge is 0.269 e. The lowest BCUT2D eigenvalue weighted by atomic mass is 9.96. The minimum absolute atomic E-state index is 0.108. The molecule has 0 spiro atoms. The Morgan fingerprint density at radius 1 is 1.50 bits per heavy atom. The molecule has 0 bridgehead atoms. The van der Waals surface area contributed by atoms with Crippen LogP contribution < -0.4 is 4.74 Å². The monoisotopic (exact) mass is 285 g/mol. The van der Waals surface area contributed by atoms with Crippen LogP contribution in [0.15, 0.2) is 18.2 Å². The molecule has 0 aromatic heterocycles. The first-order chi connectivity index (χ1) is 7.56. The molecule has 0 heterocycles. The van der Waals surface area contributed by atoms with Gasteiger partial charge in [-0.1, -0.05) is 15.9 Å². The fourth-order valence-corrected chi connectivity index (χ4v) is 2.49. The Morgan fingerprint density at radius 2 is 2.19 bits per heavy atom. The van der Waals surface area contributed by atoms with Crippen LogP contribution in [0.5, 0.6) is 5.75 Å². The van der Waals surface area contributed by atoms with E-state index in [1.54, 1.807) is 12.1 Å². The first kappa shape index (κ1) is 11.4. The Kier molecular flexibility index (Phi) is 3.14. The van der Waals surface area contributed by atoms with Crippen molar-refractivity contribution in [1.82, 2.24) is 0 Å². The Bertz CT molecular complexity index is 416. The first-order valence-electron chi connectivity index (χ1n) is 5.12. The molecule has 1 aromatic carbocycles. The summed E-state index contributed by atoms with van der Waals surface area (Å²) < 4.78 is 5.73. The topological polar surface area (TPSA) is 52.4 Å². The Labute approximate surface area is 102 Å². The van der Waals surface area contributed by atoms with Gasteiger partial charge in [-0.25, -0.2) is 0 Å². The molecule has 0 saturated heterocycles. The Morgan fingerprint density at radius 3 is 2.69 bits per heavy atom.